The number of halogens is 3. The lowest BCUT2D eigenvalue weighted by molar-refractivity contribution is -0.187. The van der Waals surface area contributed by atoms with Gasteiger partial charge in [0, 0.05) is 19.5 Å². The van der Waals surface area contributed by atoms with E-state index < -0.39 is 12.1 Å². The lowest BCUT2D eigenvalue weighted by Gasteiger charge is -2.33. The van der Waals surface area contributed by atoms with E-state index in [0.717, 1.165) is 31.4 Å². The molecule has 0 N–H and O–H groups in total. The zero-order valence-electron chi connectivity index (χ0n) is 19.4. The molecule has 5 heteroatoms. The van der Waals surface area contributed by atoms with Crippen LogP contribution in [-0.2, 0) is 13.0 Å². The van der Waals surface area contributed by atoms with Gasteiger partial charge in [-0.2, -0.15) is 18.4 Å². The molecule has 0 radical (unpaired) electrons. The van der Waals surface area contributed by atoms with Crippen molar-refractivity contribution in [2.75, 3.05) is 7.05 Å². The van der Waals surface area contributed by atoms with Crippen LogP contribution in [0.4, 0.5) is 13.2 Å². The maximum Gasteiger partial charge on any atom is 0.392 e. The maximum atomic E-state index is 13.4. The molecule has 0 saturated heterocycles. The topological polar surface area (TPSA) is 27.0 Å². The second kappa shape index (κ2) is 12.6. The van der Waals surface area contributed by atoms with Gasteiger partial charge in [-0.3, -0.25) is 4.90 Å². The van der Waals surface area contributed by atoms with Crippen molar-refractivity contribution < 1.29 is 13.2 Å². The summed E-state index contributed by atoms with van der Waals surface area (Å²) in [5.41, 5.74) is 3.36. The maximum absolute atomic E-state index is 13.4. The van der Waals surface area contributed by atoms with Crippen molar-refractivity contribution in [2.45, 2.75) is 77.1 Å². The van der Waals surface area contributed by atoms with Gasteiger partial charge in [0.2, 0.25) is 0 Å². The minimum absolute atomic E-state index is 0.265. The highest BCUT2D eigenvalue weighted by Crippen LogP contribution is 2.46. The van der Waals surface area contributed by atoms with Crippen molar-refractivity contribution >= 4 is 0 Å². The van der Waals surface area contributed by atoms with E-state index in [4.69, 9.17) is 5.26 Å². The molecule has 32 heavy (non-hydrogen) atoms. The molecular formula is C27H35F3N2. The van der Waals surface area contributed by atoms with Gasteiger partial charge in [0.05, 0.1) is 12.0 Å². The first-order chi connectivity index (χ1) is 15.3. The summed E-state index contributed by atoms with van der Waals surface area (Å²) in [4.78, 5) is 2.35. The quantitative estimate of drug-likeness (QED) is 0.442. The lowest BCUT2D eigenvalue weighted by Crippen LogP contribution is -2.31. The summed E-state index contributed by atoms with van der Waals surface area (Å²) in [5.74, 6) is -1.57. The molecule has 3 unspecified atom stereocenters. The third-order valence-corrected chi connectivity index (χ3v) is 6.47. The number of hydrogen-bond acceptors (Lipinski definition) is 2. The standard InChI is InChI=1S/C25H32F3N.C2H3N/c1-19(29(2)18-21-8-4-3-5-9-21)12-13-20-14-16-22(17-15-20)23-10-6-7-11-24(23)25(26,27)28;1-2-3/h3-5,8-9,14-17,19,23-24H,6-7,10-13,18H2,1-2H3;1H3. The zero-order chi connectivity index (χ0) is 23.6. The Morgan fingerprint density at radius 3 is 2.19 bits per heavy atom. The van der Waals surface area contributed by atoms with Gasteiger partial charge in [-0.1, -0.05) is 67.4 Å². The van der Waals surface area contributed by atoms with E-state index in [-0.39, 0.29) is 12.3 Å². The molecule has 2 aromatic carbocycles. The summed E-state index contributed by atoms with van der Waals surface area (Å²) in [5, 5.41) is 7.32. The first-order valence-electron chi connectivity index (χ1n) is 11.5. The number of nitriles is 1. The van der Waals surface area contributed by atoms with Crippen molar-refractivity contribution in [3.8, 4) is 6.07 Å². The number of hydrogen-bond donors (Lipinski definition) is 0. The second-order valence-corrected chi connectivity index (χ2v) is 8.79. The van der Waals surface area contributed by atoms with Crippen LogP contribution in [0.2, 0.25) is 0 Å². The van der Waals surface area contributed by atoms with Crippen LogP contribution in [0.25, 0.3) is 0 Å². The first kappa shape index (κ1) is 25.9. The highest BCUT2D eigenvalue weighted by atomic mass is 19.4. The van der Waals surface area contributed by atoms with Crippen LogP contribution in [0.5, 0.6) is 0 Å². The van der Waals surface area contributed by atoms with Crippen LogP contribution in [0.3, 0.4) is 0 Å². The number of benzene rings is 2. The largest absolute Gasteiger partial charge is 0.392 e. The van der Waals surface area contributed by atoms with Gasteiger partial charge < -0.3 is 0 Å². The van der Waals surface area contributed by atoms with Gasteiger partial charge in [-0.25, -0.2) is 0 Å². The molecule has 1 saturated carbocycles. The van der Waals surface area contributed by atoms with Crippen molar-refractivity contribution in [1.29, 1.82) is 5.26 Å². The molecule has 0 bridgehead atoms. The third-order valence-electron chi connectivity index (χ3n) is 6.47. The molecule has 1 aliphatic carbocycles. The van der Waals surface area contributed by atoms with Crippen molar-refractivity contribution in [3.05, 3.63) is 71.3 Å². The average molecular weight is 445 g/mol. The van der Waals surface area contributed by atoms with Gasteiger partial charge in [0.25, 0.3) is 0 Å². The van der Waals surface area contributed by atoms with Gasteiger partial charge >= 0.3 is 6.18 Å². The Morgan fingerprint density at radius 2 is 1.59 bits per heavy atom. The normalized spacial score (nSPS) is 19.6. The summed E-state index contributed by atoms with van der Waals surface area (Å²) >= 11 is 0. The Balaban J connectivity index is 0.00000114. The van der Waals surface area contributed by atoms with Crippen LogP contribution in [0.15, 0.2) is 54.6 Å². The van der Waals surface area contributed by atoms with Gasteiger partial charge in [0.15, 0.2) is 0 Å². The average Bonchev–Trinajstić information content (AvgIpc) is 2.78. The monoisotopic (exact) mass is 444 g/mol. The number of rotatable bonds is 7. The summed E-state index contributed by atoms with van der Waals surface area (Å²) in [7, 11) is 2.14. The summed E-state index contributed by atoms with van der Waals surface area (Å²) in [6.45, 7) is 4.58. The van der Waals surface area contributed by atoms with E-state index in [1.165, 1.54) is 18.1 Å². The highest BCUT2D eigenvalue weighted by Gasteiger charge is 2.45. The SMILES string of the molecule is CC#N.CC(CCc1ccc(C2CCCCC2C(F)(F)F)cc1)N(C)Cc1ccccc1. The highest BCUT2D eigenvalue weighted by molar-refractivity contribution is 5.27. The predicted molar refractivity (Wildman–Crippen MR) is 124 cm³/mol. The molecule has 0 spiro atoms. The molecule has 3 atom stereocenters. The van der Waals surface area contributed by atoms with E-state index >= 15 is 0 Å². The van der Waals surface area contributed by atoms with E-state index in [1.807, 2.05) is 30.3 Å². The Kier molecular flexibility index (Phi) is 10.3. The smallest absolute Gasteiger partial charge is 0.299 e. The fraction of sp³-hybridized carbons (Fsp3) is 0.519. The van der Waals surface area contributed by atoms with E-state index in [0.29, 0.717) is 18.9 Å². The predicted octanol–water partition coefficient (Wildman–Crippen LogP) is 7.51. The molecule has 0 heterocycles. The van der Waals surface area contributed by atoms with Crippen molar-refractivity contribution in [1.82, 2.24) is 4.90 Å². The van der Waals surface area contributed by atoms with Crippen molar-refractivity contribution in [2.24, 2.45) is 5.92 Å². The van der Waals surface area contributed by atoms with E-state index in [2.05, 4.69) is 43.1 Å². The number of nitrogens with zero attached hydrogens (tertiary/aromatic N) is 2. The molecule has 1 aliphatic rings. The molecule has 0 amide bonds. The fourth-order valence-electron chi connectivity index (χ4n) is 4.48. The van der Waals surface area contributed by atoms with Gasteiger partial charge in [0.1, 0.15) is 0 Å². The summed E-state index contributed by atoms with van der Waals surface area (Å²) in [6, 6.07) is 20.5. The minimum atomic E-state index is -4.09. The molecule has 3 rings (SSSR count). The molecular weight excluding hydrogens is 409 g/mol. The van der Waals surface area contributed by atoms with Crippen LogP contribution in [0.1, 0.15) is 68.6 Å². The Hall–Kier alpha value is -2.32. The van der Waals surface area contributed by atoms with Crippen LogP contribution in [0, 0.1) is 17.2 Å². The van der Waals surface area contributed by atoms with Gasteiger partial charge in [-0.15, -0.1) is 0 Å². The molecule has 2 nitrogen and oxygen atoms in total. The first-order valence-corrected chi connectivity index (χ1v) is 11.5. The zero-order valence-corrected chi connectivity index (χ0v) is 19.4. The van der Waals surface area contributed by atoms with Crippen LogP contribution >= 0.6 is 0 Å². The van der Waals surface area contributed by atoms with Crippen LogP contribution < -0.4 is 0 Å². The fourth-order valence-corrected chi connectivity index (χ4v) is 4.48. The van der Waals surface area contributed by atoms with Crippen LogP contribution in [-0.4, -0.2) is 24.2 Å². The third kappa shape index (κ3) is 7.98. The second-order valence-electron chi connectivity index (χ2n) is 8.79. The Morgan fingerprint density at radius 1 is 1.00 bits per heavy atom. The van der Waals surface area contributed by atoms with E-state index in [9.17, 15) is 13.2 Å². The Labute approximate surface area is 191 Å². The molecule has 0 aliphatic heterocycles. The Bertz CT molecular complexity index is 825. The summed E-state index contributed by atoms with van der Waals surface area (Å²) in [6.07, 6.45) is 0.358. The van der Waals surface area contributed by atoms with E-state index in [1.54, 1.807) is 6.07 Å². The number of alkyl halides is 3. The molecule has 0 aromatic heterocycles. The summed E-state index contributed by atoms with van der Waals surface area (Å²) < 4.78 is 40.2. The molecule has 1 fully saturated rings. The minimum Gasteiger partial charge on any atom is -0.299 e. The molecule has 174 valence electrons. The van der Waals surface area contributed by atoms with Gasteiger partial charge in [-0.05, 0) is 62.3 Å². The molecule has 2 aromatic rings. The lowest BCUT2D eigenvalue weighted by atomic mass is 9.75. The number of aryl methyl sites for hydroxylation is 1. The van der Waals surface area contributed by atoms with Crippen molar-refractivity contribution in [3.63, 3.8) is 0 Å².